The van der Waals surface area contributed by atoms with E-state index < -0.39 is 0 Å². The van der Waals surface area contributed by atoms with Gasteiger partial charge in [0.15, 0.2) is 17.5 Å². The van der Waals surface area contributed by atoms with E-state index in [9.17, 15) is 0 Å². The van der Waals surface area contributed by atoms with Crippen molar-refractivity contribution < 1.29 is 4.42 Å². The summed E-state index contributed by atoms with van der Waals surface area (Å²) in [6, 6.07) is 85.2. The van der Waals surface area contributed by atoms with E-state index in [1.165, 1.54) is 0 Å². The van der Waals surface area contributed by atoms with Crippen molar-refractivity contribution in [3.8, 4) is 84.4 Å². The zero-order valence-corrected chi connectivity index (χ0v) is 36.8. The van der Waals surface area contributed by atoms with Crippen molar-refractivity contribution in [2.24, 2.45) is 0 Å². The summed E-state index contributed by atoms with van der Waals surface area (Å²) in [4.78, 5) is 16.0. The third-order valence-corrected chi connectivity index (χ3v) is 13.0. The highest BCUT2D eigenvalue weighted by Crippen LogP contribution is 2.46. The molecule has 0 atom stereocenters. The van der Waals surface area contributed by atoms with Crippen LogP contribution in [0.15, 0.2) is 247 Å². The fraction of sp³-hybridized carbons (Fsp3) is 0. The van der Waals surface area contributed by atoms with Crippen LogP contribution in [0.2, 0.25) is 0 Å². The predicted octanol–water partition coefficient (Wildman–Crippen LogP) is 16.5. The fourth-order valence-electron chi connectivity index (χ4n) is 9.86. The fourth-order valence-corrected chi connectivity index (χ4v) is 9.86. The molecular weight excluding hydrogens is 829 g/mol. The number of hydrogen-bond acceptors (Lipinski definition) is 4. The van der Waals surface area contributed by atoms with Gasteiger partial charge in [0.25, 0.3) is 0 Å². The van der Waals surface area contributed by atoms with Gasteiger partial charge in [-0.1, -0.05) is 188 Å². The number of hydrogen-bond donors (Lipinski definition) is 0. The highest BCUT2D eigenvalue weighted by molar-refractivity contribution is 6.24. The Labute approximate surface area is 392 Å². The van der Waals surface area contributed by atoms with Gasteiger partial charge in [0.05, 0.1) is 22.1 Å². The van der Waals surface area contributed by atoms with E-state index in [2.05, 4.69) is 223 Å². The zero-order chi connectivity index (χ0) is 45.0. The van der Waals surface area contributed by atoms with Gasteiger partial charge in [0.1, 0.15) is 11.2 Å². The first-order valence-electron chi connectivity index (χ1n) is 22.9. The first-order valence-corrected chi connectivity index (χ1v) is 22.9. The Balaban J connectivity index is 1.11. The minimum absolute atomic E-state index is 0.576. The zero-order valence-electron chi connectivity index (χ0n) is 36.8. The molecule has 3 heterocycles. The van der Waals surface area contributed by atoms with Crippen molar-refractivity contribution in [3.05, 3.63) is 243 Å². The molecule has 0 spiro atoms. The Morgan fingerprint density at radius 3 is 1.28 bits per heavy atom. The van der Waals surface area contributed by atoms with Crippen molar-refractivity contribution >= 4 is 43.7 Å². The lowest BCUT2D eigenvalue weighted by Gasteiger charge is -2.21. The first-order chi connectivity index (χ1) is 33.7. The molecule has 5 nitrogen and oxygen atoms in total. The van der Waals surface area contributed by atoms with E-state index in [-0.39, 0.29) is 0 Å². The SMILES string of the molecule is c1ccc(-c2cc(-c3ccccc3)cc(-c3nc(-c4ccccc4)nc(-c4cc(-c5ccccc5)c(-n5c6ccccc6c6c7oc8ccccc8c7ccc65)c(-c5ccccc5)c4)n3)c2)cc1. The highest BCUT2D eigenvalue weighted by Gasteiger charge is 2.25. The maximum atomic E-state index is 6.75. The topological polar surface area (TPSA) is 56.7 Å². The Morgan fingerprint density at radius 1 is 0.294 bits per heavy atom. The molecule has 0 radical (unpaired) electrons. The van der Waals surface area contributed by atoms with Crippen molar-refractivity contribution in [2.45, 2.75) is 0 Å². The molecule has 5 heteroatoms. The molecule has 0 bridgehead atoms. The van der Waals surface area contributed by atoms with E-state index in [1.807, 2.05) is 24.3 Å². The van der Waals surface area contributed by atoms with E-state index in [4.69, 9.17) is 19.4 Å². The number of para-hydroxylation sites is 2. The van der Waals surface area contributed by atoms with Gasteiger partial charge in [-0.3, -0.25) is 0 Å². The molecule has 0 N–H and O–H groups in total. The Hall–Kier alpha value is -9.19. The van der Waals surface area contributed by atoms with E-state index in [0.717, 1.165) is 111 Å². The predicted molar refractivity (Wildman–Crippen MR) is 279 cm³/mol. The molecule has 68 heavy (non-hydrogen) atoms. The second-order valence-electron chi connectivity index (χ2n) is 17.1. The van der Waals surface area contributed by atoms with Crippen LogP contribution in [0.25, 0.3) is 128 Å². The molecule has 10 aromatic carbocycles. The summed E-state index contributed by atoms with van der Waals surface area (Å²) in [6.45, 7) is 0. The van der Waals surface area contributed by atoms with Crippen LogP contribution in [0.1, 0.15) is 0 Å². The third-order valence-electron chi connectivity index (χ3n) is 13.0. The summed E-state index contributed by atoms with van der Waals surface area (Å²) in [5, 5.41) is 4.41. The van der Waals surface area contributed by atoms with Gasteiger partial charge in [-0.25, -0.2) is 15.0 Å². The first kappa shape index (κ1) is 39.2. The highest BCUT2D eigenvalue weighted by atomic mass is 16.3. The van der Waals surface area contributed by atoms with Crippen LogP contribution >= 0.6 is 0 Å². The average molecular weight is 869 g/mol. The maximum absolute atomic E-state index is 6.75. The Bertz CT molecular complexity index is 3880. The van der Waals surface area contributed by atoms with Gasteiger partial charge >= 0.3 is 0 Å². The summed E-state index contributed by atoms with van der Waals surface area (Å²) >= 11 is 0. The van der Waals surface area contributed by atoms with Crippen LogP contribution in [0.4, 0.5) is 0 Å². The molecule has 0 aliphatic heterocycles. The number of furan rings is 1. The van der Waals surface area contributed by atoms with Crippen LogP contribution in [0, 0.1) is 0 Å². The molecule has 0 saturated carbocycles. The lowest BCUT2D eigenvalue weighted by molar-refractivity contribution is 0.673. The molecule has 13 aromatic rings. The quantitative estimate of drug-likeness (QED) is 0.153. The molecule has 318 valence electrons. The van der Waals surface area contributed by atoms with Gasteiger partial charge in [-0.15, -0.1) is 0 Å². The van der Waals surface area contributed by atoms with Gasteiger partial charge in [0.2, 0.25) is 0 Å². The summed E-state index contributed by atoms with van der Waals surface area (Å²) in [6.07, 6.45) is 0. The summed E-state index contributed by atoms with van der Waals surface area (Å²) < 4.78 is 9.18. The molecule has 13 rings (SSSR count). The molecule has 0 aliphatic carbocycles. The number of fused-ring (bicyclic) bond motifs is 7. The van der Waals surface area contributed by atoms with Gasteiger partial charge < -0.3 is 8.98 Å². The van der Waals surface area contributed by atoms with Crippen molar-refractivity contribution in [2.75, 3.05) is 0 Å². The van der Waals surface area contributed by atoms with Crippen LogP contribution in [0.3, 0.4) is 0 Å². The van der Waals surface area contributed by atoms with Gasteiger partial charge in [-0.2, -0.15) is 0 Å². The largest absolute Gasteiger partial charge is 0.455 e. The minimum Gasteiger partial charge on any atom is -0.455 e. The third kappa shape index (κ3) is 6.76. The summed E-state index contributed by atoms with van der Waals surface area (Å²) in [5.74, 6) is 1.76. The minimum atomic E-state index is 0.576. The van der Waals surface area contributed by atoms with Crippen LogP contribution in [-0.2, 0) is 0 Å². The summed E-state index contributed by atoms with van der Waals surface area (Å²) in [7, 11) is 0. The monoisotopic (exact) mass is 868 g/mol. The second kappa shape index (κ2) is 16.4. The molecular formula is C63H40N4O. The Kier molecular flexibility index (Phi) is 9.43. The van der Waals surface area contributed by atoms with E-state index >= 15 is 0 Å². The number of nitrogens with zero attached hydrogens (tertiary/aromatic N) is 4. The van der Waals surface area contributed by atoms with E-state index in [0.29, 0.717) is 17.5 Å². The van der Waals surface area contributed by atoms with Crippen LogP contribution in [0.5, 0.6) is 0 Å². The van der Waals surface area contributed by atoms with Gasteiger partial charge in [0, 0.05) is 44.0 Å². The molecule has 0 amide bonds. The molecule has 0 aliphatic rings. The summed E-state index contributed by atoms with van der Waals surface area (Å²) in [5.41, 5.74) is 16.2. The normalized spacial score (nSPS) is 11.5. The standard InChI is InChI=1S/C63H40N4O/c1-6-20-41(21-7-1)46-36-47(42-22-8-2-9-23-42)38-48(37-46)62-64-61(45-28-14-5-15-29-45)65-63(66-62)49-39-53(43-24-10-3-11-25-43)59(54(40-49)44-26-12-4-13-27-44)67-55-32-18-16-31-52(55)58-56(67)35-34-51-50-30-17-19-33-57(50)68-60(51)58/h1-40H. The number of benzene rings is 10. The van der Waals surface area contributed by atoms with Crippen LogP contribution in [-0.4, -0.2) is 19.5 Å². The number of rotatable bonds is 8. The molecule has 0 unspecified atom stereocenters. The second-order valence-corrected chi connectivity index (χ2v) is 17.1. The lowest BCUT2D eigenvalue weighted by Crippen LogP contribution is -2.04. The molecule has 3 aromatic heterocycles. The molecule has 0 saturated heterocycles. The van der Waals surface area contributed by atoms with Crippen molar-refractivity contribution in [1.29, 1.82) is 0 Å². The van der Waals surface area contributed by atoms with Gasteiger partial charge in [-0.05, 0) is 88.0 Å². The molecule has 0 fully saturated rings. The maximum Gasteiger partial charge on any atom is 0.164 e. The lowest BCUT2D eigenvalue weighted by atomic mass is 9.92. The smallest absolute Gasteiger partial charge is 0.164 e. The van der Waals surface area contributed by atoms with Crippen molar-refractivity contribution in [3.63, 3.8) is 0 Å². The average Bonchev–Trinajstić information content (AvgIpc) is 3.97. The van der Waals surface area contributed by atoms with E-state index in [1.54, 1.807) is 0 Å². The Morgan fingerprint density at radius 2 is 0.721 bits per heavy atom. The van der Waals surface area contributed by atoms with Crippen LogP contribution < -0.4 is 0 Å². The van der Waals surface area contributed by atoms with Crippen molar-refractivity contribution in [1.82, 2.24) is 19.5 Å². The number of aromatic nitrogens is 4.